The van der Waals surface area contributed by atoms with Gasteiger partial charge in [0, 0.05) is 33.2 Å². The summed E-state index contributed by atoms with van der Waals surface area (Å²) in [5.74, 6) is -0.333. The molecule has 0 atom stereocenters. The molecule has 0 saturated carbocycles. The van der Waals surface area contributed by atoms with E-state index in [-0.39, 0.29) is 5.92 Å². The van der Waals surface area contributed by atoms with E-state index in [1.54, 1.807) is 14.2 Å². The maximum absolute atomic E-state index is 11.7. The molecule has 0 radical (unpaired) electrons. The van der Waals surface area contributed by atoms with E-state index < -0.39 is 16.0 Å². The van der Waals surface area contributed by atoms with Crippen LogP contribution in [0.2, 0.25) is 0 Å². The molecule has 6 nitrogen and oxygen atoms in total. The molecule has 24 heavy (non-hydrogen) atoms. The lowest BCUT2D eigenvalue weighted by Crippen LogP contribution is -2.41. The van der Waals surface area contributed by atoms with Crippen LogP contribution < -0.4 is 0 Å². The van der Waals surface area contributed by atoms with Gasteiger partial charge in [0.2, 0.25) is 10.0 Å². The van der Waals surface area contributed by atoms with Crippen LogP contribution >= 0.6 is 0 Å². The van der Waals surface area contributed by atoms with Crippen molar-refractivity contribution in [3.05, 3.63) is 41.2 Å². The van der Waals surface area contributed by atoms with Gasteiger partial charge in [-0.1, -0.05) is 18.2 Å². The summed E-state index contributed by atoms with van der Waals surface area (Å²) in [5, 5.41) is 0. The van der Waals surface area contributed by atoms with Gasteiger partial charge in [0.1, 0.15) is 5.76 Å². The van der Waals surface area contributed by atoms with Crippen molar-refractivity contribution in [2.24, 2.45) is 5.92 Å². The number of methoxy groups -OCH3 is 2. The number of rotatable bonds is 4. The van der Waals surface area contributed by atoms with Crippen molar-refractivity contribution >= 4 is 16.1 Å². The summed E-state index contributed by atoms with van der Waals surface area (Å²) in [6.45, 7) is 0.998. The molecule has 2 aliphatic rings. The highest BCUT2D eigenvalue weighted by atomic mass is 32.2. The number of benzene rings is 1. The molecule has 132 valence electrons. The lowest BCUT2D eigenvalue weighted by atomic mass is 9.92. The predicted octanol–water partition coefficient (Wildman–Crippen LogP) is 2.13. The summed E-state index contributed by atoms with van der Waals surface area (Å²) in [4.78, 5) is 0. The zero-order valence-electron chi connectivity index (χ0n) is 14.2. The highest BCUT2D eigenvalue weighted by Gasteiger charge is 2.42. The highest BCUT2D eigenvalue weighted by molar-refractivity contribution is 7.88. The standard InChI is InChI=1S/C17H23NO5S/c1-21-17(22-2)15-7-5-4-6-14(15)12-16(23-17)13-8-10-18(11-9-13)24(3,19)20/h4-7,12-13H,8-11H2,1-3H3. The minimum absolute atomic E-state index is 0.140. The molecular weight excluding hydrogens is 330 g/mol. The summed E-state index contributed by atoms with van der Waals surface area (Å²) in [6.07, 6.45) is 4.68. The van der Waals surface area contributed by atoms with E-state index in [0.29, 0.717) is 25.9 Å². The number of sulfonamides is 1. The summed E-state index contributed by atoms with van der Waals surface area (Å²) in [6, 6.07) is 7.79. The van der Waals surface area contributed by atoms with Crippen LogP contribution in [0.15, 0.2) is 30.0 Å². The van der Waals surface area contributed by atoms with Gasteiger partial charge in [-0.15, -0.1) is 0 Å². The molecule has 0 amide bonds. The van der Waals surface area contributed by atoms with Crippen LogP contribution in [0, 0.1) is 5.92 Å². The van der Waals surface area contributed by atoms with Crippen LogP contribution in [-0.2, 0) is 30.2 Å². The smallest absolute Gasteiger partial charge is 0.356 e. The summed E-state index contributed by atoms with van der Waals surface area (Å²) < 4.78 is 42.1. The van der Waals surface area contributed by atoms with Crippen LogP contribution in [0.25, 0.3) is 6.08 Å². The average molecular weight is 353 g/mol. The second kappa shape index (κ2) is 6.48. The van der Waals surface area contributed by atoms with E-state index >= 15 is 0 Å². The number of hydrogen-bond acceptors (Lipinski definition) is 5. The largest absolute Gasteiger partial charge is 0.440 e. The Bertz CT molecular complexity index is 731. The van der Waals surface area contributed by atoms with Crippen LogP contribution in [0.3, 0.4) is 0 Å². The van der Waals surface area contributed by atoms with E-state index in [1.165, 1.54) is 10.6 Å². The number of fused-ring (bicyclic) bond motifs is 1. The molecule has 3 rings (SSSR count). The second-order valence-electron chi connectivity index (χ2n) is 6.14. The molecule has 1 aromatic carbocycles. The van der Waals surface area contributed by atoms with Crippen LogP contribution in [0.5, 0.6) is 0 Å². The van der Waals surface area contributed by atoms with E-state index in [9.17, 15) is 8.42 Å². The molecule has 0 aliphatic carbocycles. The van der Waals surface area contributed by atoms with Crippen LogP contribution in [-0.4, -0.2) is 46.3 Å². The Balaban J connectivity index is 1.87. The van der Waals surface area contributed by atoms with Crippen molar-refractivity contribution in [1.29, 1.82) is 0 Å². The first kappa shape index (κ1) is 17.4. The molecule has 0 aromatic heterocycles. The molecule has 0 N–H and O–H groups in total. The van der Waals surface area contributed by atoms with E-state index in [1.807, 2.05) is 30.3 Å². The highest BCUT2D eigenvalue weighted by Crippen LogP contribution is 2.42. The Morgan fingerprint density at radius 2 is 1.79 bits per heavy atom. The Morgan fingerprint density at radius 3 is 2.38 bits per heavy atom. The first-order valence-corrected chi connectivity index (χ1v) is 9.80. The van der Waals surface area contributed by atoms with Gasteiger partial charge in [-0.2, -0.15) is 0 Å². The average Bonchev–Trinajstić information content (AvgIpc) is 2.60. The third kappa shape index (κ3) is 3.09. The summed E-state index contributed by atoms with van der Waals surface area (Å²) in [5.41, 5.74) is 1.82. The molecule has 2 heterocycles. The molecule has 0 spiro atoms. The molecule has 0 unspecified atom stereocenters. The molecule has 2 aliphatic heterocycles. The molecule has 7 heteroatoms. The number of piperidine rings is 1. The quantitative estimate of drug-likeness (QED) is 0.776. The minimum atomic E-state index is -3.14. The lowest BCUT2D eigenvalue weighted by Gasteiger charge is -2.39. The predicted molar refractivity (Wildman–Crippen MR) is 90.3 cm³/mol. The number of ether oxygens (including phenoxy) is 3. The summed E-state index contributed by atoms with van der Waals surface area (Å²) >= 11 is 0. The fraction of sp³-hybridized carbons (Fsp3) is 0.529. The first-order valence-electron chi connectivity index (χ1n) is 7.95. The zero-order valence-corrected chi connectivity index (χ0v) is 15.0. The molecular formula is C17H23NO5S. The molecule has 0 bridgehead atoms. The zero-order chi connectivity index (χ0) is 17.4. The normalized spacial score (nSPS) is 21.7. The van der Waals surface area contributed by atoms with Gasteiger partial charge in [-0.3, -0.25) is 0 Å². The van der Waals surface area contributed by atoms with E-state index in [2.05, 4.69) is 0 Å². The maximum atomic E-state index is 11.7. The van der Waals surface area contributed by atoms with Gasteiger partial charge in [-0.25, -0.2) is 12.7 Å². The Labute approximate surface area is 143 Å². The Hall–Kier alpha value is -1.41. The van der Waals surface area contributed by atoms with Crippen LogP contribution in [0.4, 0.5) is 0 Å². The SMILES string of the molecule is COC1(OC)OC(C2CCN(S(C)(=O)=O)CC2)=Cc2ccccc21. The molecule has 1 saturated heterocycles. The fourth-order valence-electron chi connectivity index (χ4n) is 3.35. The monoisotopic (exact) mass is 353 g/mol. The topological polar surface area (TPSA) is 65.1 Å². The van der Waals surface area contributed by atoms with Gasteiger partial charge in [-0.05, 0) is 30.5 Å². The van der Waals surface area contributed by atoms with Crippen molar-refractivity contribution in [1.82, 2.24) is 4.31 Å². The number of allylic oxidation sites excluding steroid dienone is 1. The third-order valence-electron chi connectivity index (χ3n) is 4.70. The van der Waals surface area contributed by atoms with E-state index in [0.717, 1.165) is 16.9 Å². The minimum Gasteiger partial charge on any atom is -0.440 e. The molecule has 1 fully saturated rings. The maximum Gasteiger partial charge on any atom is 0.356 e. The van der Waals surface area contributed by atoms with Crippen molar-refractivity contribution in [2.75, 3.05) is 33.6 Å². The van der Waals surface area contributed by atoms with Gasteiger partial charge < -0.3 is 14.2 Å². The second-order valence-corrected chi connectivity index (χ2v) is 8.12. The van der Waals surface area contributed by atoms with Gasteiger partial charge in [0.05, 0.1) is 11.8 Å². The lowest BCUT2D eigenvalue weighted by molar-refractivity contribution is -0.363. The third-order valence-corrected chi connectivity index (χ3v) is 6.01. The van der Waals surface area contributed by atoms with Gasteiger partial charge in [0.25, 0.3) is 0 Å². The van der Waals surface area contributed by atoms with Gasteiger partial charge >= 0.3 is 5.97 Å². The van der Waals surface area contributed by atoms with Crippen LogP contribution in [0.1, 0.15) is 24.0 Å². The van der Waals surface area contributed by atoms with Gasteiger partial charge in [0.15, 0.2) is 0 Å². The van der Waals surface area contributed by atoms with Crippen molar-refractivity contribution in [3.8, 4) is 0 Å². The fourth-order valence-corrected chi connectivity index (χ4v) is 4.23. The number of nitrogens with zero attached hydrogens (tertiary/aromatic N) is 1. The van der Waals surface area contributed by atoms with E-state index in [4.69, 9.17) is 14.2 Å². The number of hydrogen-bond donors (Lipinski definition) is 0. The van der Waals surface area contributed by atoms with Crippen molar-refractivity contribution in [2.45, 2.75) is 18.8 Å². The first-order chi connectivity index (χ1) is 11.4. The Morgan fingerprint density at radius 1 is 1.17 bits per heavy atom. The summed E-state index contributed by atoms with van der Waals surface area (Å²) in [7, 11) is -0.0350. The van der Waals surface area contributed by atoms with Crippen molar-refractivity contribution < 1.29 is 22.6 Å². The Kier molecular flexibility index (Phi) is 4.70. The van der Waals surface area contributed by atoms with Crippen molar-refractivity contribution in [3.63, 3.8) is 0 Å². The molecule has 1 aromatic rings.